The van der Waals surface area contributed by atoms with Crippen molar-refractivity contribution in [3.8, 4) is 0 Å². The molecule has 3 atom stereocenters. The summed E-state index contributed by atoms with van der Waals surface area (Å²) in [5, 5.41) is 3.60. The second kappa shape index (κ2) is 8.25. The Morgan fingerprint density at radius 1 is 1.14 bits per heavy atom. The summed E-state index contributed by atoms with van der Waals surface area (Å²) in [5.74, 6) is 0.826. The summed E-state index contributed by atoms with van der Waals surface area (Å²) in [4.78, 5) is 0. The maximum absolute atomic E-state index is 5.06. The van der Waals surface area contributed by atoms with Crippen molar-refractivity contribution in [3.63, 3.8) is 0 Å². The molecule has 2 heteroatoms. The van der Waals surface area contributed by atoms with Crippen molar-refractivity contribution in [3.05, 3.63) is 0 Å². The highest BCUT2D eigenvalue weighted by molar-refractivity contribution is 4.69. The first-order valence-electron chi connectivity index (χ1n) is 5.85. The van der Waals surface area contributed by atoms with Crippen molar-refractivity contribution in [2.75, 3.05) is 13.7 Å². The summed E-state index contributed by atoms with van der Waals surface area (Å²) in [6, 6.07) is 1.19. The molecule has 0 saturated carbocycles. The zero-order chi connectivity index (χ0) is 11.0. The number of ether oxygens (including phenoxy) is 1. The van der Waals surface area contributed by atoms with Crippen molar-refractivity contribution in [1.29, 1.82) is 0 Å². The molecule has 0 aromatic heterocycles. The monoisotopic (exact) mass is 201 g/mol. The molecule has 86 valence electrons. The predicted molar refractivity (Wildman–Crippen MR) is 62.6 cm³/mol. The number of hydrogen-bond acceptors (Lipinski definition) is 2. The minimum atomic E-state index is 0.564. The van der Waals surface area contributed by atoms with Crippen LogP contribution in [0.15, 0.2) is 0 Å². The lowest BCUT2D eigenvalue weighted by Crippen LogP contribution is -2.36. The molecule has 0 heterocycles. The van der Waals surface area contributed by atoms with Crippen molar-refractivity contribution in [2.45, 2.75) is 59.0 Å². The van der Waals surface area contributed by atoms with Gasteiger partial charge in [0.15, 0.2) is 0 Å². The summed E-state index contributed by atoms with van der Waals surface area (Å²) >= 11 is 0. The normalized spacial score (nSPS) is 17.8. The summed E-state index contributed by atoms with van der Waals surface area (Å²) < 4.78 is 5.06. The SMILES string of the molecule is CCC(C)CC(C)NC(C)CCOC. The van der Waals surface area contributed by atoms with Crippen LogP contribution < -0.4 is 5.32 Å². The third kappa shape index (κ3) is 7.34. The van der Waals surface area contributed by atoms with E-state index in [1.165, 1.54) is 12.8 Å². The van der Waals surface area contributed by atoms with E-state index in [9.17, 15) is 0 Å². The molecule has 0 radical (unpaired) electrons. The Hall–Kier alpha value is -0.0800. The van der Waals surface area contributed by atoms with Gasteiger partial charge in [0, 0.05) is 25.8 Å². The average molecular weight is 201 g/mol. The molecule has 0 aliphatic rings. The van der Waals surface area contributed by atoms with Gasteiger partial charge in [-0.2, -0.15) is 0 Å². The van der Waals surface area contributed by atoms with Gasteiger partial charge in [0.1, 0.15) is 0 Å². The van der Waals surface area contributed by atoms with E-state index in [4.69, 9.17) is 4.74 Å². The predicted octanol–water partition coefficient (Wildman–Crippen LogP) is 2.83. The van der Waals surface area contributed by atoms with Crippen LogP contribution in [-0.4, -0.2) is 25.8 Å². The van der Waals surface area contributed by atoms with Crippen molar-refractivity contribution >= 4 is 0 Å². The summed E-state index contributed by atoms with van der Waals surface area (Å²) in [6.45, 7) is 9.93. The second-order valence-electron chi connectivity index (χ2n) is 4.50. The Labute approximate surface area is 89.4 Å². The third-order valence-electron chi connectivity index (χ3n) is 2.78. The van der Waals surface area contributed by atoms with E-state index in [-0.39, 0.29) is 0 Å². The Morgan fingerprint density at radius 3 is 2.29 bits per heavy atom. The largest absolute Gasteiger partial charge is 0.385 e. The Bertz CT molecular complexity index is 127. The average Bonchev–Trinajstić information content (AvgIpc) is 2.14. The third-order valence-corrected chi connectivity index (χ3v) is 2.78. The molecule has 0 aliphatic carbocycles. The molecule has 0 saturated heterocycles. The lowest BCUT2D eigenvalue weighted by molar-refractivity contribution is 0.182. The highest BCUT2D eigenvalue weighted by Crippen LogP contribution is 2.10. The number of hydrogen-bond donors (Lipinski definition) is 1. The smallest absolute Gasteiger partial charge is 0.0476 e. The first-order chi connectivity index (χ1) is 6.60. The molecule has 0 aliphatic heterocycles. The zero-order valence-electron chi connectivity index (χ0n) is 10.5. The van der Waals surface area contributed by atoms with Crippen LogP contribution in [0, 0.1) is 5.92 Å². The van der Waals surface area contributed by atoms with Gasteiger partial charge in [0.05, 0.1) is 0 Å². The Balaban J connectivity index is 3.54. The quantitative estimate of drug-likeness (QED) is 0.652. The van der Waals surface area contributed by atoms with Crippen LogP contribution in [0.25, 0.3) is 0 Å². The van der Waals surface area contributed by atoms with E-state index in [1.807, 2.05) is 0 Å². The summed E-state index contributed by atoms with van der Waals surface area (Å²) in [7, 11) is 1.76. The molecule has 14 heavy (non-hydrogen) atoms. The molecule has 0 rings (SSSR count). The van der Waals surface area contributed by atoms with Gasteiger partial charge in [0.25, 0.3) is 0 Å². The van der Waals surface area contributed by atoms with E-state index in [2.05, 4.69) is 33.0 Å². The minimum Gasteiger partial charge on any atom is -0.385 e. The minimum absolute atomic E-state index is 0.564. The highest BCUT2D eigenvalue weighted by Gasteiger charge is 2.09. The van der Waals surface area contributed by atoms with Gasteiger partial charge in [-0.3, -0.25) is 0 Å². The van der Waals surface area contributed by atoms with E-state index in [0.717, 1.165) is 18.9 Å². The standard InChI is InChI=1S/C12H27NO/c1-6-10(2)9-12(4)13-11(3)7-8-14-5/h10-13H,6-9H2,1-5H3. The van der Waals surface area contributed by atoms with E-state index >= 15 is 0 Å². The van der Waals surface area contributed by atoms with Crippen LogP contribution in [0.3, 0.4) is 0 Å². The maximum atomic E-state index is 5.06. The van der Waals surface area contributed by atoms with Crippen molar-refractivity contribution < 1.29 is 4.74 Å². The topological polar surface area (TPSA) is 21.3 Å². The van der Waals surface area contributed by atoms with Crippen LogP contribution in [0.5, 0.6) is 0 Å². The molecule has 1 N–H and O–H groups in total. The maximum Gasteiger partial charge on any atom is 0.0476 e. The fraction of sp³-hybridized carbons (Fsp3) is 1.00. The number of methoxy groups -OCH3 is 1. The van der Waals surface area contributed by atoms with Gasteiger partial charge in [-0.1, -0.05) is 20.3 Å². The molecular weight excluding hydrogens is 174 g/mol. The van der Waals surface area contributed by atoms with Gasteiger partial charge >= 0.3 is 0 Å². The molecule has 2 nitrogen and oxygen atoms in total. The van der Waals surface area contributed by atoms with Crippen LogP contribution in [0.1, 0.15) is 47.0 Å². The second-order valence-corrected chi connectivity index (χ2v) is 4.50. The molecule has 0 aromatic rings. The fourth-order valence-corrected chi connectivity index (χ4v) is 1.70. The van der Waals surface area contributed by atoms with Crippen LogP contribution in [0.2, 0.25) is 0 Å². The molecular formula is C12H27NO. The Kier molecular flexibility index (Phi) is 8.20. The van der Waals surface area contributed by atoms with Crippen LogP contribution >= 0.6 is 0 Å². The first kappa shape index (κ1) is 13.9. The number of rotatable bonds is 8. The van der Waals surface area contributed by atoms with Crippen LogP contribution in [0.4, 0.5) is 0 Å². The lowest BCUT2D eigenvalue weighted by atomic mass is 10.00. The Morgan fingerprint density at radius 2 is 1.79 bits per heavy atom. The molecule has 0 bridgehead atoms. The molecule has 0 aromatic carbocycles. The lowest BCUT2D eigenvalue weighted by Gasteiger charge is -2.22. The van der Waals surface area contributed by atoms with E-state index in [0.29, 0.717) is 12.1 Å². The highest BCUT2D eigenvalue weighted by atomic mass is 16.5. The van der Waals surface area contributed by atoms with Gasteiger partial charge in [-0.15, -0.1) is 0 Å². The molecule has 0 fully saturated rings. The first-order valence-corrected chi connectivity index (χ1v) is 5.85. The van der Waals surface area contributed by atoms with Crippen molar-refractivity contribution in [2.24, 2.45) is 5.92 Å². The molecule has 3 unspecified atom stereocenters. The van der Waals surface area contributed by atoms with E-state index in [1.54, 1.807) is 7.11 Å². The van der Waals surface area contributed by atoms with E-state index < -0.39 is 0 Å². The van der Waals surface area contributed by atoms with Gasteiger partial charge in [0.2, 0.25) is 0 Å². The van der Waals surface area contributed by atoms with Crippen molar-refractivity contribution in [1.82, 2.24) is 5.32 Å². The fourth-order valence-electron chi connectivity index (χ4n) is 1.70. The van der Waals surface area contributed by atoms with Crippen LogP contribution in [-0.2, 0) is 4.74 Å². The summed E-state index contributed by atoms with van der Waals surface area (Å²) in [6.07, 6.45) is 3.65. The molecule has 0 amide bonds. The van der Waals surface area contributed by atoms with Gasteiger partial charge in [-0.25, -0.2) is 0 Å². The summed E-state index contributed by atoms with van der Waals surface area (Å²) in [5.41, 5.74) is 0. The zero-order valence-corrected chi connectivity index (χ0v) is 10.5. The van der Waals surface area contributed by atoms with Gasteiger partial charge in [-0.05, 0) is 32.6 Å². The number of nitrogens with one attached hydrogen (secondary N) is 1. The molecule has 0 spiro atoms. The van der Waals surface area contributed by atoms with Gasteiger partial charge < -0.3 is 10.1 Å².